The molecule has 0 spiro atoms. The Morgan fingerprint density at radius 1 is 1.57 bits per heavy atom. The number of nitrogen functional groups attached to an aromatic ring is 1. The zero-order chi connectivity index (χ0) is 15.8. The molecule has 2 rings (SSSR count). The normalized spacial score (nSPS) is 29.7. The number of aliphatic hydroxyl groups excluding tert-OH is 1. The predicted molar refractivity (Wildman–Crippen MR) is 70.0 cm³/mol. The average molecular weight is 321 g/mol. The number of anilines is 1. The lowest BCUT2D eigenvalue weighted by Gasteiger charge is -2.20. The van der Waals surface area contributed by atoms with Crippen LogP contribution in [0.1, 0.15) is 19.6 Å². The average Bonchev–Trinajstić information content (AvgIpc) is 2.65. The lowest BCUT2D eigenvalue weighted by atomic mass is 10.1. The number of phosphoric acid groups is 1. The van der Waals surface area contributed by atoms with E-state index in [9.17, 15) is 14.5 Å². The van der Waals surface area contributed by atoms with Crippen LogP contribution in [0.3, 0.4) is 0 Å². The third-order valence-electron chi connectivity index (χ3n) is 3.10. The van der Waals surface area contributed by atoms with Crippen molar-refractivity contribution in [2.24, 2.45) is 0 Å². The summed E-state index contributed by atoms with van der Waals surface area (Å²) in [4.78, 5) is 33.0. The van der Waals surface area contributed by atoms with Gasteiger partial charge in [-0.2, -0.15) is 4.98 Å². The van der Waals surface area contributed by atoms with Crippen molar-refractivity contribution in [1.29, 1.82) is 0 Å². The molecule has 0 amide bonds. The van der Waals surface area contributed by atoms with Gasteiger partial charge >= 0.3 is 13.5 Å². The van der Waals surface area contributed by atoms with Gasteiger partial charge in [-0.1, -0.05) is 6.92 Å². The second kappa shape index (κ2) is 5.84. The molecule has 0 radical (unpaired) electrons. The van der Waals surface area contributed by atoms with Gasteiger partial charge in [0.15, 0.2) is 6.23 Å². The van der Waals surface area contributed by atoms with Gasteiger partial charge in [0, 0.05) is 6.20 Å². The van der Waals surface area contributed by atoms with Crippen LogP contribution >= 0.6 is 7.82 Å². The van der Waals surface area contributed by atoms with Crippen LogP contribution in [0.5, 0.6) is 0 Å². The Kier molecular flexibility index (Phi) is 4.47. The number of rotatable bonds is 4. The number of ether oxygens (including phenoxy) is 1. The van der Waals surface area contributed by atoms with E-state index in [1.807, 2.05) is 0 Å². The first kappa shape index (κ1) is 16.1. The molecule has 118 valence electrons. The number of nitrogens with two attached hydrogens (primary N) is 1. The summed E-state index contributed by atoms with van der Waals surface area (Å²) in [5, 5.41) is 10.1. The van der Waals surface area contributed by atoms with Crippen LogP contribution in [-0.4, -0.2) is 42.8 Å². The second-order valence-corrected chi connectivity index (χ2v) is 5.76. The smallest absolute Gasteiger partial charge is 0.386 e. The third kappa shape index (κ3) is 3.49. The van der Waals surface area contributed by atoms with Crippen molar-refractivity contribution in [2.45, 2.75) is 37.9 Å². The highest BCUT2D eigenvalue weighted by Crippen LogP contribution is 2.44. The fourth-order valence-corrected chi connectivity index (χ4v) is 2.76. The summed E-state index contributed by atoms with van der Waals surface area (Å²) < 4.78 is 22.0. The topological polar surface area (TPSA) is 157 Å². The van der Waals surface area contributed by atoms with Crippen molar-refractivity contribution in [3.63, 3.8) is 0 Å². The maximum Gasteiger partial charge on any atom is 0.470 e. The van der Waals surface area contributed by atoms with Crippen LogP contribution in [0.2, 0.25) is 0 Å². The molecule has 1 fully saturated rings. The van der Waals surface area contributed by atoms with Crippen LogP contribution < -0.4 is 11.4 Å². The maximum atomic E-state index is 11.7. The van der Waals surface area contributed by atoms with Gasteiger partial charge in [0.2, 0.25) is 0 Å². The van der Waals surface area contributed by atoms with Crippen molar-refractivity contribution in [3.05, 3.63) is 22.7 Å². The molecular weight excluding hydrogens is 305 g/mol. The fourth-order valence-electron chi connectivity index (χ4n) is 2.19. The molecule has 11 heteroatoms. The summed E-state index contributed by atoms with van der Waals surface area (Å²) in [7, 11) is -4.80. The van der Waals surface area contributed by atoms with E-state index in [1.165, 1.54) is 12.3 Å². The maximum absolute atomic E-state index is 11.7. The Morgan fingerprint density at radius 2 is 2.24 bits per heavy atom. The molecule has 1 aromatic rings. The first-order valence-corrected chi connectivity index (χ1v) is 7.68. The minimum atomic E-state index is -4.80. The summed E-state index contributed by atoms with van der Waals surface area (Å²) in [5.41, 5.74) is 4.62. The molecular formula is C10H16N3O7P. The molecule has 0 aromatic carbocycles. The van der Waals surface area contributed by atoms with Gasteiger partial charge in [-0.3, -0.25) is 9.09 Å². The molecule has 0 bridgehead atoms. The quantitative estimate of drug-likeness (QED) is 0.509. The van der Waals surface area contributed by atoms with Gasteiger partial charge < -0.3 is 25.4 Å². The lowest BCUT2D eigenvalue weighted by Crippen LogP contribution is -2.36. The molecule has 0 saturated carbocycles. The van der Waals surface area contributed by atoms with Crippen molar-refractivity contribution < 1.29 is 28.7 Å². The lowest BCUT2D eigenvalue weighted by molar-refractivity contribution is -0.0403. The molecule has 4 atom stereocenters. The van der Waals surface area contributed by atoms with Gasteiger partial charge in [0.05, 0.1) is 6.10 Å². The van der Waals surface area contributed by atoms with Crippen molar-refractivity contribution >= 4 is 13.6 Å². The minimum absolute atomic E-state index is 0.0128. The van der Waals surface area contributed by atoms with Gasteiger partial charge in [-0.15, -0.1) is 0 Å². The third-order valence-corrected chi connectivity index (χ3v) is 3.61. The Labute approximate surface area is 119 Å². The van der Waals surface area contributed by atoms with Crippen molar-refractivity contribution in [2.75, 3.05) is 5.73 Å². The van der Waals surface area contributed by atoms with Crippen LogP contribution in [0, 0.1) is 0 Å². The molecule has 1 aliphatic heterocycles. The molecule has 5 N–H and O–H groups in total. The van der Waals surface area contributed by atoms with Crippen LogP contribution in [-0.2, 0) is 13.8 Å². The minimum Gasteiger partial charge on any atom is -0.386 e. The van der Waals surface area contributed by atoms with E-state index in [4.69, 9.17) is 20.3 Å². The summed E-state index contributed by atoms with van der Waals surface area (Å²) in [6.07, 6.45) is -3.02. The Morgan fingerprint density at radius 3 is 2.76 bits per heavy atom. The molecule has 1 aromatic heterocycles. The molecule has 1 saturated heterocycles. The molecule has 10 nitrogen and oxygen atoms in total. The number of phosphoric ester groups is 1. The fraction of sp³-hybridized carbons (Fsp3) is 0.600. The first-order chi connectivity index (χ1) is 9.73. The second-order valence-electron chi connectivity index (χ2n) is 4.57. The van der Waals surface area contributed by atoms with Gasteiger partial charge in [0.1, 0.15) is 18.0 Å². The number of nitrogens with zero attached hydrogens (tertiary/aromatic N) is 2. The standard InChI is InChI=1S/C10H16N3O7P/c1-2-5-8(20-21(16,17)18)7(14)9(19-5)13-4-3-6(11)12-10(13)15/h3-5,7-9,14H,2H2,1H3,(H2,11,12,15)(H2,16,17,18)/t5-,7+,8?,9-/m1/s1. The number of hydrogen-bond acceptors (Lipinski definition) is 7. The SMILES string of the molecule is CC[C@H]1O[C@@H](n2ccc(N)nc2=O)[C@@H](O)C1OP(=O)(O)O. The molecule has 1 aliphatic rings. The van der Waals surface area contributed by atoms with Crippen LogP contribution in [0.25, 0.3) is 0 Å². The predicted octanol–water partition coefficient (Wildman–Crippen LogP) is -1.03. The molecule has 1 unspecified atom stereocenters. The molecule has 2 heterocycles. The molecule has 21 heavy (non-hydrogen) atoms. The summed E-state index contributed by atoms with van der Waals surface area (Å²) in [5.74, 6) is 0.0128. The molecule has 0 aliphatic carbocycles. The Bertz CT molecular complexity index is 615. The summed E-state index contributed by atoms with van der Waals surface area (Å²) in [6.45, 7) is 1.69. The van der Waals surface area contributed by atoms with E-state index >= 15 is 0 Å². The van der Waals surface area contributed by atoms with Gasteiger partial charge in [0.25, 0.3) is 0 Å². The van der Waals surface area contributed by atoms with E-state index in [0.29, 0.717) is 6.42 Å². The summed E-state index contributed by atoms with van der Waals surface area (Å²) >= 11 is 0. The monoisotopic (exact) mass is 321 g/mol. The van der Waals surface area contributed by atoms with Crippen LogP contribution in [0.4, 0.5) is 5.82 Å². The van der Waals surface area contributed by atoms with Gasteiger partial charge in [-0.05, 0) is 12.5 Å². The largest absolute Gasteiger partial charge is 0.470 e. The number of aliphatic hydroxyl groups is 1. The van der Waals surface area contributed by atoms with E-state index in [0.717, 1.165) is 4.57 Å². The van der Waals surface area contributed by atoms with Crippen LogP contribution in [0.15, 0.2) is 17.1 Å². The van der Waals surface area contributed by atoms with Crippen molar-refractivity contribution in [1.82, 2.24) is 9.55 Å². The highest BCUT2D eigenvalue weighted by atomic mass is 31.2. The highest BCUT2D eigenvalue weighted by molar-refractivity contribution is 7.46. The zero-order valence-corrected chi connectivity index (χ0v) is 12.0. The highest BCUT2D eigenvalue weighted by Gasteiger charge is 2.47. The van der Waals surface area contributed by atoms with Gasteiger partial charge in [-0.25, -0.2) is 9.36 Å². The Hall–Kier alpha value is -1.29. The van der Waals surface area contributed by atoms with E-state index in [1.54, 1.807) is 6.92 Å². The van der Waals surface area contributed by atoms with E-state index in [2.05, 4.69) is 9.51 Å². The summed E-state index contributed by atoms with van der Waals surface area (Å²) in [6, 6.07) is 1.34. The zero-order valence-electron chi connectivity index (χ0n) is 11.1. The first-order valence-electron chi connectivity index (χ1n) is 6.15. The van der Waals surface area contributed by atoms with Crippen molar-refractivity contribution in [3.8, 4) is 0 Å². The number of aromatic nitrogens is 2. The van der Waals surface area contributed by atoms with E-state index < -0.39 is 38.1 Å². The number of hydrogen-bond donors (Lipinski definition) is 4. The van der Waals surface area contributed by atoms with E-state index in [-0.39, 0.29) is 5.82 Å². The Balaban J connectivity index is 2.31.